The number of halogens is 7. The Bertz CT molecular complexity index is 1740. The molecule has 4 aromatic rings. The third kappa shape index (κ3) is 6.89. The van der Waals surface area contributed by atoms with Crippen LogP contribution in [0.15, 0.2) is 36.5 Å². The Morgan fingerprint density at radius 2 is 1.84 bits per heavy atom. The average Bonchev–Trinajstić information content (AvgIpc) is 3.57. The molecule has 0 fully saturated rings. The molecular formula is C24H17ClF6N10O2. The normalized spacial score (nSPS) is 12.5. The molecule has 1 unspecified atom stereocenters. The summed E-state index contributed by atoms with van der Waals surface area (Å²) in [7, 11) is 0. The number of tetrazole rings is 1. The number of hydrogen-bond acceptors (Lipinski definition) is 8. The van der Waals surface area contributed by atoms with Crippen molar-refractivity contribution in [2.45, 2.75) is 38.8 Å². The lowest BCUT2D eigenvalue weighted by Gasteiger charge is -2.19. The van der Waals surface area contributed by atoms with Crippen LogP contribution >= 0.6 is 11.6 Å². The number of nitrogens with zero attached hydrogens (tertiary/aromatic N) is 8. The molecule has 224 valence electrons. The van der Waals surface area contributed by atoms with Gasteiger partial charge in [-0.1, -0.05) is 11.6 Å². The Hall–Kier alpha value is -5.05. The number of carbonyl (C=O) groups excluding carboxylic acids is 2. The molecule has 1 atom stereocenters. The van der Waals surface area contributed by atoms with E-state index >= 15 is 0 Å². The Kier molecular flexibility index (Phi) is 8.39. The van der Waals surface area contributed by atoms with Crippen molar-refractivity contribution in [1.29, 1.82) is 5.26 Å². The second-order valence-corrected chi connectivity index (χ2v) is 9.31. The molecule has 0 radical (unpaired) electrons. The smallest absolute Gasteiger partial charge is 0.340 e. The minimum atomic E-state index is -4.86. The first-order valence-electron chi connectivity index (χ1n) is 11.9. The van der Waals surface area contributed by atoms with Crippen LogP contribution in [-0.2, 0) is 12.7 Å². The number of aromatic nitrogens is 7. The molecule has 0 aliphatic carbocycles. The first-order valence-corrected chi connectivity index (χ1v) is 12.2. The van der Waals surface area contributed by atoms with Gasteiger partial charge in [0.25, 0.3) is 17.6 Å². The van der Waals surface area contributed by atoms with Crippen molar-refractivity contribution in [1.82, 2.24) is 40.3 Å². The van der Waals surface area contributed by atoms with Gasteiger partial charge in [0, 0.05) is 6.20 Å². The molecule has 43 heavy (non-hydrogen) atoms. The first-order chi connectivity index (χ1) is 20.1. The van der Waals surface area contributed by atoms with E-state index in [-0.39, 0.29) is 39.0 Å². The summed E-state index contributed by atoms with van der Waals surface area (Å²) >= 11 is 6.23. The Morgan fingerprint density at radius 1 is 1.12 bits per heavy atom. The molecule has 0 bridgehead atoms. The predicted molar refractivity (Wildman–Crippen MR) is 135 cm³/mol. The Labute approximate surface area is 242 Å². The van der Waals surface area contributed by atoms with Gasteiger partial charge >= 0.3 is 12.4 Å². The van der Waals surface area contributed by atoms with Gasteiger partial charge in [-0.3, -0.25) is 9.59 Å². The second-order valence-electron chi connectivity index (χ2n) is 8.90. The van der Waals surface area contributed by atoms with Gasteiger partial charge in [0.1, 0.15) is 18.3 Å². The molecule has 3 heterocycles. The zero-order chi connectivity index (χ0) is 31.7. The SMILES string of the molecule is Cc1cc(C#N)cc(C(=O)NC(C)C(F)(F)F)c1NC(=O)c1cc(Cn2nnc(C(F)(F)F)n2)nn1-c1ncccc1Cl. The summed E-state index contributed by atoms with van der Waals surface area (Å²) < 4.78 is 79.0. The summed E-state index contributed by atoms with van der Waals surface area (Å²) in [6.45, 7) is 1.66. The number of pyridine rings is 1. The van der Waals surface area contributed by atoms with Crippen molar-refractivity contribution >= 4 is 29.1 Å². The van der Waals surface area contributed by atoms with Crippen LogP contribution in [0.5, 0.6) is 0 Å². The van der Waals surface area contributed by atoms with Crippen LogP contribution in [-0.4, -0.2) is 59.0 Å². The molecule has 19 heteroatoms. The van der Waals surface area contributed by atoms with Gasteiger partial charge in [0.05, 0.1) is 33.6 Å². The predicted octanol–water partition coefficient (Wildman–Crippen LogP) is 4.09. The van der Waals surface area contributed by atoms with Gasteiger partial charge in [-0.05, 0) is 55.0 Å². The van der Waals surface area contributed by atoms with Crippen LogP contribution in [0.3, 0.4) is 0 Å². The largest absolute Gasteiger partial charge is 0.455 e. The molecule has 2 N–H and O–H groups in total. The fourth-order valence-electron chi connectivity index (χ4n) is 3.66. The van der Waals surface area contributed by atoms with Gasteiger partial charge in [-0.15, -0.1) is 10.2 Å². The highest BCUT2D eigenvalue weighted by Gasteiger charge is 2.38. The number of anilines is 1. The molecule has 1 aromatic carbocycles. The Balaban J connectivity index is 1.74. The van der Waals surface area contributed by atoms with Crippen molar-refractivity contribution in [2.24, 2.45) is 0 Å². The van der Waals surface area contributed by atoms with Gasteiger partial charge in [0.2, 0.25) is 0 Å². The standard InChI is InChI=1S/C24H17ClF6N10O2/c1-11-6-13(9-32)7-15(20(42)34-12(2)23(26,27)28)18(11)35-21(43)17-8-14(10-40-38-22(36-39-40)24(29,30)31)37-41(17)19-16(25)4-3-5-33-19/h3-8,12H,10H2,1-2H3,(H,34,42)(H,35,43). The zero-order valence-corrected chi connectivity index (χ0v) is 22.5. The van der Waals surface area contributed by atoms with Crippen LogP contribution in [0.1, 0.15) is 50.4 Å². The van der Waals surface area contributed by atoms with E-state index in [1.54, 1.807) is 11.4 Å². The van der Waals surface area contributed by atoms with E-state index < -0.39 is 48.1 Å². The highest BCUT2D eigenvalue weighted by molar-refractivity contribution is 6.32. The van der Waals surface area contributed by atoms with Gasteiger partial charge in [0.15, 0.2) is 5.82 Å². The maximum Gasteiger partial charge on any atom is 0.455 e. The number of carbonyl (C=O) groups is 2. The maximum atomic E-state index is 13.6. The van der Waals surface area contributed by atoms with E-state index in [4.69, 9.17) is 11.6 Å². The van der Waals surface area contributed by atoms with Gasteiger partial charge < -0.3 is 10.6 Å². The van der Waals surface area contributed by atoms with Crippen molar-refractivity contribution in [2.75, 3.05) is 5.32 Å². The number of benzene rings is 1. The van der Waals surface area contributed by atoms with Crippen LogP contribution in [0, 0.1) is 18.3 Å². The summed E-state index contributed by atoms with van der Waals surface area (Å²) in [5, 5.41) is 27.3. The first kappa shape index (κ1) is 30.9. The van der Waals surface area contributed by atoms with E-state index in [0.29, 0.717) is 4.80 Å². The molecule has 0 aliphatic heterocycles. The molecule has 0 saturated heterocycles. The number of amides is 2. The summed E-state index contributed by atoms with van der Waals surface area (Å²) in [6.07, 6.45) is -8.30. The fraction of sp³-hybridized carbons (Fsp3) is 0.250. The number of hydrogen-bond donors (Lipinski definition) is 2. The van der Waals surface area contributed by atoms with Crippen molar-refractivity contribution in [3.63, 3.8) is 0 Å². The van der Waals surface area contributed by atoms with Crippen LogP contribution in [0.4, 0.5) is 32.0 Å². The summed E-state index contributed by atoms with van der Waals surface area (Å²) in [4.78, 5) is 31.1. The van der Waals surface area contributed by atoms with E-state index in [1.165, 1.54) is 31.3 Å². The highest BCUT2D eigenvalue weighted by Crippen LogP contribution is 2.28. The second kappa shape index (κ2) is 11.7. The van der Waals surface area contributed by atoms with Crippen molar-refractivity contribution < 1.29 is 35.9 Å². The average molecular weight is 627 g/mol. The quantitative estimate of drug-likeness (QED) is 0.291. The molecule has 0 saturated carbocycles. The summed E-state index contributed by atoms with van der Waals surface area (Å²) in [5.41, 5.74) is -0.880. The van der Waals surface area contributed by atoms with Crippen molar-refractivity contribution in [3.05, 3.63) is 75.5 Å². The van der Waals surface area contributed by atoms with Gasteiger partial charge in [-0.2, -0.15) is 41.5 Å². The minimum absolute atomic E-state index is 0.0280. The molecule has 0 spiro atoms. The van der Waals surface area contributed by atoms with E-state index in [0.717, 1.165) is 23.7 Å². The number of nitriles is 1. The summed E-state index contributed by atoms with van der Waals surface area (Å²) in [6, 6.07) is 5.91. The third-order valence-electron chi connectivity index (χ3n) is 5.73. The van der Waals surface area contributed by atoms with Crippen LogP contribution in [0.25, 0.3) is 5.82 Å². The minimum Gasteiger partial charge on any atom is -0.340 e. The number of rotatable bonds is 7. The number of nitrogens with one attached hydrogen (secondary N) is 2. The lowest BCUT2D eigenvalue weighted by Crippen LogP contribution is -2.43. The fourth-order valence-corrected chi connectivity index (χ4v) is 3.86. The zero-order valence-electron chi connectivity index (χ0n) is 21.8. The monoisotopic (exact) mass is 626 g/mol. The topological polar surface area (TPSA) is 156 Å². The van der Waals surface area contributed by atoms with E-state index in [2.05, 4.69) is 30.8 Å². The molecular weight excluding hydrogens is 610 g/mol. The number of alkyl halides is 6. The van der Waals surface area contributed by atoms with Gasteiger partial charge in [-0.25, -0.2) is 9.67 Å². The van der Waals surface area contributed by atoms with Crippen LogP contribution in [0.2, 0.25) is 5.02 Å². The maximum absolute atomic E-state index is 13.6. The molecule has 3 aromatic heterocycles. The lowest BCUT2D eigenvalue weighted by atomic mass is 10.0. The number of aryl methyl sites for hydroxylation is 1. The third-order valence-corrected chi connectivity index (χ3v) is 6.02. The molecule has 2 amide bonds. The molecule has 4 rings (SSSR count). The Morgan fingerprint density at radius 3 is 2.44 bits per heavy atom. The highest BCUT2D eigenvalue weighted by atomic mass is 35.5. The van der Waals surface area contributed by atoms with E-state index in [9.17, 15) is 41.2 Å². The lowest BCUT2D eigenvalue weighted by molar-refractivity contribution is -0.149. The summed E-state index contributed by atoms with van der Waals surface area (Å²) in [5.74, 6) is -3.75. The van der Waals surface area contributed by atoms with Crippen molar-refractivity contribution in [3.8, 4) is 11.9 Å². The molecule has 12 nitrogen and oxygen atoms in total. The molecule has 0 aliphatic rings. The van der Waals surface area contributed by atoms with Crippen LogP contribution < -0.4 is 10.6 Å². The van der Waals surface area contributed by atoms with E-state index in [1.807, 2.05) is 0 Å².